The van der Waals surface area contributed by atoms with Crippen molar-refractivity contribution in [1.29, 1.82) is 0 Å². The molecule has 1 unspecified atom stereocenters. The number of hydrogen-bond donors (Lipinski definition) is 2. The van der Waals surface area contributed by atoms with Crippen molar-refractivity contribution < 1.29 is 8.42 Å². The standard InChI is InChI=1S/C18H30N4O2S/c1-4-15(2)21-18(19-3)20-14-16-9-8-10-17(13-16)25(23,24)22-11-6-5-7-12-22/h8-10,13,15H,4-7,11-12,14H2,1-3H3,(H2,19,20,21). The SMILES string of the molecule is CCC(C)NC(=NC)NCc1cccc(S(=O)(=O)N2CCCCC2)c1. The molecule has 0 radical (unpaired) electrons. The molecule has 1 aliphatic rings. The van der Waals surface area contributed by atoms with Crippen molar-refractivity contribution in [3.63, 3.8) is 0 Å². The number of guanidine groups is 1. The van der Waals surface area contributed by atoms with Crippen LogP contribution in [0.1, 0.15) is 45.1 Å². The fourth-order valence-electron chi connectivity index (χ4n) is 2.79. The Labute approximate surface area is 151 Å². The van der Waals surface area contributed by atoms with Crippen molar-refractivity contribution in [2.45, 2.75) is 57.0 Å². The monoisotopic (exact) mass is 366 g/mol. The molecule has 0 aliphatic carbocycles. The van der Waals surface area contributed by atoms with Crippen LogP contribution in [-0.2, 0) is 16.6 Å². The first-order chi connectivity index (χ1) is 12.0. The summed E-state index contributed by atoms with van der Waals surface area (Å²) >= 11 is 0. The number of piperidine rings is 1. The second-order valence-electron chi connectivity index (χ2n) is 6.49. The first kappa shape index (κ1) is 19.7. The van der Waals surface area contributed by atoms with Crippen LogP contribution in [0.5, 0.6) is 0 Å². The maximum atomic E-state index is 12.8. The van der Waals surface area contributed by atoms with Gasteiger partial charge in [-0.2, -0.15) is 4.31 Å². The summed E-state index contributed by atoms with van der Waals surface area (Å²) in [5.74, 6) is 0.721. The Morgan fingerprint density at radius 3 is 2.64 bits per heavy atom. The molecule has 0 amide bonds. The largest absolute Gasteiger partial charge is 0.354 e. The summed E-state index contributed by atoms with van der Waals surface area (Å²) in [5, 5.41) is 6.54. The van der Waals surface area contributed by atoms with Crippen LogP contribution in [0, 0.1) is 0 Å². The van der Waals surface area contributed by atoms with Crippen LogP contribution in [0.3, 0.4) is 0 Å². The Bertz CT molecular complexity index is 682. The van der Waals surface area contributed by atoms with Gasteiger partial charge in [-0.05, 0) is 43.9 Å². The molecular weight excluding hydrogens is 336 g/mol. The predicted octanol–water partition coefficient (Wildman–Crippen LogP) is 2.32. The predicted molar refractivity (Wildman–Crippen MR) is 102 cm³/mol. The zero-order chi connectivity index (χ0) is 18.3. The maximum absolute atomic E-state index is 12.8. The fraction of sp³-hybridized carbons (Fsp3) is 0.611. The average Bonchev–Trinajstić information content (AvgIpc) is 2.65. The van der Waals surface area contributed by atoms with E-state index >= 15 is 0 Å². The lowest BCUT2D eigenvalue weighted by atomic mass is 10.2. The number of nitrogens with zero attached hydrogens (tertiary/aromatic N) is 2. The molecule has 6 nitrogen and oxygen atoms in total. The van der Waals surface area contributed by atoms with Gasteiger partial charge in [-0.3, -0.25) is 4.99 Å². The Morgan fingerprint density at radius 2 is 2.00 bits per heavy atom. The molecule has 1 aromatic carbocycles. The number of nitrogens with one attached hydrogen (secondary N) is 2. The molecule has 1 fully saturated rings. The smallest absolute Gasteiger partial charge is 0.243 e. The first-order valence-corrected chi connectivity index (χ1v) is 10.5. The first-order valence-electron chi connectivity index (χ1n) is 9.03. The number of hydrogen-bond acceptors (Lipinski definition) is 3. The number of benzene rings is 1. The molecule has 140 valence electrons. The summed E-state index contributed by atoms with van der Waals surface area (Å²) in [6.07, 6.45) is 4.00. The van der Waals surface area contributed by atoms with Gasteiger partial charge in [0.2, 0.25) is 10.0 Å². The molecule has 1 heterocycles. The Morgan fingerprint density at radius 1 is 1.28 bits per heavy atom. The second kappa shape index (κ2) is 9.20. The van der Waals surface area contributed by atoms with Crippen LogP contribution in [0.25, 0.3) is 0 Å². The Balaban J connectivity index is 2.05. The highest BCUT2D eigenvalue weighted by Crippen LogP contribution is 2.21. The van der Waals surface area contributed by atoms with Gasteiger partial charge in [-0.15, -0.1) is 0 Å². The zero-order valence-corrected chi connectivity index (χ0v) is 16.3. The summed E-state index contributed by atoms with van der Waals surface area (Å²) in [5.41, 5.74) is 0.921. The quantitative estimate of drug-likeness (QED) is 0.599. The Kier molecular flexibility index (Phi) is 7.25. The molecule has 0 bridgehead atoms. The third-order valence-corrected chi connectivity index (χ3v) is 6.42. The third kappa shape index (κ3) is 5.44. The lowest BCUT2D eigenvalue weighted by Gasteiger charge is -2.26. The van der Waals surface area contributed by atoms with Crippen LogP contribution in [-0.4, -0.2) is 44.9 Å². The summed E-state index contributed by atoms with van der Waals surface area (Å²) in [6, 6.07) is 7.50. The number of rotatable bonds is 6. The van der Waals surface area contributed by atoms with Crippen LogP contribution in [0.2, 0.25) is 0 Å². The van der Waals surface area contributed by atoms with Crippen LogP contribution < -0.4 is 10.6 Å². The van der Waals surface area contributed by atoms with E-state index in [4.69, 9.17) is 0 Å². The zero-order valence-electron chi connectivity index (χ0n) is 15.5. The van der Waals surface area contributed by atoms with E-state index in [1.165, 1.54) is 0 Å². The average molecular weight is 367 g/mol. The van der Waals surface area contributed by atoms with Gasteiger partial charge < -0.3 is 10.6 Å². The Hall–Kier alpha value is -1.60. The second-order valence-corrected chi connectivity index (χ2v) is 8.43. The lowest BCUT2D eigenvalue weighted by Crippen LogP contribution is -2.41. The van der Waals surface area contributed by atoms with Crippen molar-refractivity contribution in [3.8, 4) is 0 Å². The summed E-state index contributed by atoms with van der Waals surface area (Å²) in [7, 11) is -1.66. The molecule has 2 N–H and O–H groups in total. The minimum atomic E-state index is -3.39. The molecule has 0 saturated carbocycles. The molecule has 1 saturated heterocycles. The van der Waals surface area contributed by atoms with Gasteiger partial charge in [0.15, 0.2) is 5.96 Å². The molecule has 0 aromatic heterocycles. The van der Waals surface area contributed by atoms with Crippen molar-refractivity contribution in [2.75, 3.05) is 20.1 Å². The molecule has 7 heteroatoms. The molecule has 0 spiro atoms. The van der Waals surface area contributed by atoms with E-state index < -0.39 is 10.0 Å². The van der Waals surface area contributed by atoms with Gasteiger partial charge in [0.1, 0.15) is 0 Å². The van der Waals surface area contributed by atoms with E-state index in [-0.39, 0.29) is 0 Å². The van der Waals surface area contributed by atoms with E-state index in [9.17, 15) is 8.42 Å². The maximum Gasteiger partial charge on any atom is 0.243 e. The van der Waals surface area contributed by atoms with Crippen LogP contribution in [0.15, 0.2) is 34.2 Å². The van der Waals surface area contributed by atoms with Gasteiger partial charge in [0.25, 0.3) is 0 Å². The summed E-state index contributed by atoms with van der Waals surface area (Å²) < 4.78 is 27.2. The van der Waals surface area contributed by atoms with Crippen molar-refractivity contribution in [1.82, 2.24) is 14.9 Å². The van der Waals surface area contributed by atoms with Crippen LogP contribution in [0.4, 0.5) is 0 Å². The van der Waals surface area contributed by atoms with E-state index in [2.05, 4.69) is 29.5 Å². The summed E-state index contributed by atoms with van der Waals surface area (Å²) in [4.78, 5) is 4.58. The van der Waals surface area contributed by atoms with Gasteiger partial charge in [0, 0.05) is 32.7 Å². The van der Waals surface area contributed by atoms with E-state index in [1.807, 2.05) is 6.07 Å². The van der Waals surface area contributed by atoms with E-state index in [0.717, 1.165) is 37.2 Å². The molecule has 25 heavy (non-hydrogen) atoms. The van der Waals surface area contributed by atoms with Crippen molar-refractivity contribution in [3.05, 3.63) is 29.8 Å². The third-order valence-electron chi connectivity index (χ3n) is 4.53. The molecule has 1 atom stereocenters. The molecule has 2 rings (SSSR count). The normalized spacial score (nSPS) is 18.0. The van der Waals surface area contributed by atoms with Crippen LogP contribution >= 0.6 is 0 Å². The lowest BCUT2D eigenvalue weighted by molar-refractivity contribution is 0.346. The van der Waals surface area contributed by atoms with Gasteiger partial charge >= 0.3 is 0 Å². The highest BCUT2D eigenvalue weighted by molar-refractivity contribution is 7.89. The number of sulfonamides is 1. The van der Waals surface area contributed by atoms with Crippen molar-refractivity contribution >= 4 is 16.0 Å². The fourth-order valence-corrected chi connectivity index (χ4v) is 4.37. The van der Waals surface area contributed by atoms with E-state index in [0.29, 0.717) is 30.6 Å². The number of aliphatic imine (C=N–C) groups is 1. The van der Waals surface area contributed by atoms with E-state index in [1.54, 1.807) is 29.6 Å². The molecule has 1 aliphatic heterocycles. The van der Waals surface area contributed by atoms with Gasteiger partial charge in [-0.25, -0.2) is 8.42 Å². The highest BCUT2D eigenvalue weighted by Gasteiger charge is 2.25. The topological polar surface area (TPSA) is 73.8 Å². The van der Waals surface area contributed by atoms with Gasteiger partial charge in [-0.1, -0.05) is 25.5 Å². The minimum Gasteiger partial charge on any atom is -0.354 e. The highest BCUT2D eigenvalue weighted by atomic mass is 32.2. The van der Waals surface area contributed by atoms with Gasteiger partial charge in [0.05, 0.1) is 4.90 Å². The molecular formula is C18H30N4O2S. The van der Waals surface area contributed by atoms with Crippen molar-refractivity contribution in [2.24, 2.45) is 4.99 Å². The summed E-state index contributed by atoms with van der Waals surface area (Å²) in [6.45, 7) is 5.98. The molecule has 1 aromatic rings. The minimum absolute atomic E-state index is 0.331.